The smallest absolute Gasteiger partial charge is 0.459 e. The van der Waals surface area contributed by atoms with Crippen molar-refractivity contribution in [2.24, 2.45) is 0 Å². The Kier molecular flexibility index (Phi) is 9.24. The highest BCUT2D eigenvalue weighted by Crippen LogP contribution is 2.47. The lowest BCUT2D eigenvalue weighted by Gasteiger charge is -2.27. The van der Waals surface area contributed by atoms with Gasteiger partial charge in [0, 0.05) is 11.8 Å². The summed E-state index contributed by atoms with van der Waals surface area (Å²) >= 11 is 0. The molecule has 3 aromatic rings. The first kappa shape index (κ1) is 30.1. The van der Waals surface area contributed by atoms with Gasteiger partial charge in [-0.05, 0) is 44.1 Å². The molecule has 0 bridgehead atoms. The van der Waals surface area contributed by atoms with Crippen LogP contribution in [0, 0.1) is 5.82 Å². The van der Waals surface area contributed by atoms with Gasteiger partial charge in [-0.2, -0.15) is 9.48 Å². The predicted molar refractivity (Wildman–Crippen MR) is 150 cm³/mol. The van der Waals surface area contributed by atoms with Crippen LogP contribution in [0.25, 0.3) is 10.8 Å². The number of aliphatic hydroxyl groups excluding tert-OH is 1. The number of H-pyrrole nitrogens is 1. The number of carbonyl (C=O) groups excluding carboxylic acids is 1. The maximum absolute atomic E-state index is 14.1. The summed E-state index contributed by atoms with van der Waals surface area (Å²) in [6.45, 7) is 1.01. The lowest BCUT2D eigenvalue weighted by atomic mass is 9.98. The summed E-state index contributed by atoms with van der Waals surface area (Å²) in [6.07, 6.45) is 1.47. The average Bonchev–Trinajstić information content (AvgIpc) is 3.34. The number of nitrogens with zero attached hydrogens (tertiary/aromatic N) is 1. The summed E-state index contributed by atoms with van der Waals surface area (Å²) < 4.78 is 51.7. The Bertz CT molecular complexity index is 1580. The monoisotopic (exact) mass is 605 g/mol. The summed E-state index contributed by atoms with van der Waals surface area (Å²) in [6, 6.07) is 11.4. The van der Waals surface area contributed by atoms with Crippen LogP contribution in [0.4, 0.5) is 4.39 Å². The molecule has 1 saturated carbocycles. The molecule has 14 heteroatoms. The molecule has 12 nitrogen and oxygen atoms in total. The molecular formula is C28H33FN3O9P. The maximum atomic E-state index is 14.1. The fourth-order valence-electron chi connectivity index (χ4n) is 5.12. The van der Waals surface area contributed by atoms with E-state index in [-0.39, 0.29) is 18.3 Å². The molecule has 1 aliphatic heterocycles. The van der Waals surface area contributed by atoms with Crippen LogP contribution < -0.4 is 20.9 Å². The fraction of sp³-hybridized carbons (Fsp3) is 0.464. The van der Waals surface area contributed by atoms with Gasteiger partial charge in [-0.1, -0.05) is 42.8 Å². The number of aromatic nitrogens is 2. The van der Waals surface area contributed by atoms with E-state index in [9.17, 15) is 28.4 Å². The first-order valence-electron chi connectivity index (χ1n) is 13.9. The Morgan fingerprint density at radius 2 is 1.93 bits per heavy atom. The van der Waals surface area contributed by atoms with Crippen LogP contribution >= 0.6 is 7.75 Å². The van der Waals surface area contributed by atoms with Gasteiger partial charge >= 0.3 is 19.4 Å². The van der Waals surface area contributed by atoms with Gasteiger partial charge in [0.05, 0.1) is 18.9 Å². The van der Waals surface area contributed by atoms with E-state index in [1.807, 2.05) is 23.2 Å². The van der Waals surface area contributed by atoms with Gasteiger partial charge < -0.3 is 19.1 Å². The third-order valence-electron chi connectivity index (χ3n) is 7.36. The van der Waals surface area contributed by atoms with Gasteiger partial charge in [0.15, 0.2) is 0 Å². The van der Waals surface area contributed by atoms with E-state index in [2.05, 4.69) is 5.09 Å². The van der Waals surface area contributed by atoms with Crippen LogP contribution in [0.3, 0.4) is 0 Å². The van der Waals surface area contributed by atoms with Crippen molar-refractivity contribution in [2.75, 3.05) is 6.61 Å². The van der Waals surface area contributed by atoms with Crippen LogP contribution in [0.1, 0.15) is 51.7 Å². The Hall–Kier alpha value is -3.35. The number of hydrogen-bond donors (Lipinski definition) is 3. The summed E-state index contributed by atoms with van der Waals surface area (Å²) in [5.74, 6) is -1.57. The van der Waals surface area contributed by atoms with Crippen molar-refractivity contribution in [1.29, 1.82) is 0 Å². The summed E-state index contributed by atoms with van der Waals surface area (Å²) in [5.41, 5.74) is -2.10. The Morgan fingerprint density at radius 3 is 2.71 bits per heavy atom. The number of fused-ring (bicyclic) bond motifs is 1. The van der Waals surface area contributed by atoms with Gasteiger partial charge in [0.25, 0.3) is 5.56 Å². The zero-order chi connectivity index (χ0) is 29.9. The normalized spacial score (nSPS) is 23.4. The quantitative estimate of drug-likeness (QED) is 0.231. The minimum atomic E-state index is -4.32. The van der Waals surface area contributed by atoms with Crippen molar-refractivity contribution in [3.63, 3.8) is 0 Å². The van der Waals surface area contributed by atoms with Gasteiger partial charge in [-0.15, -0.1) is 0 Å². The maximum Gasteiger partial charge on any atom is 0.459 e. The summed E-state index contributed by atoms with van der Waals surface area (Å²) in [4.78, 5) is 38.3. The molecule has 42 heavy (non-hydrogen) atoms. The van der Waals surface area contributed by atoms with Crippen LogP contribution in [0.2, 0.25) is 0 Å². The molecule has 1 aromatic heterocycles. The van der Waals surface area contributed by atoms with Gasteiger partial charge in [-0.25, -0.2) is 9.36 Å². The molecule has 1 aliphatic carbocycles. The molecule has 2 fully saturated rings. The number of esters is 1. The van der Waals surface area contributed by atoms with E-state index < -0.39 is 61.9 Å². The van der Waals surface area contributed by atoms with Crippen molar-refractivity contribution in [1.82, 2.24) is 14.6 Å². The van der Waals surface area contributed by atoms with Crippen molar-refractivity contribution in [2.45, 2.75) is 76.0 Å². The zero-order valence-electron chi connectivity index (χ0n) is 22.9. The average molecular weight is 606 g/mol. The number of rotatable bonds is 10. The molecule has 0 amide bonds. The highest BCUT2D eigenvalue weighted by molar-refractivity contribution is 7.52. The SMILES string of the molecule is C[C@H](NP(=O)(OC[C@H]1O[C@@H](n2cc(F)c(=O)[nH]c2=O)C[C@H]1O)Oc1cccc2ccccc12)C(=O)OC1CCCCC1. The molecule has 5 rings (SSSR count). The number of ether oxygens (including phenoxy) is 2. The highest BCUT2D eigenvalue weighted by atomic mass is 31.2. The molecule has 226 valence electrons. The first-order chi connectivity index (χ1) is 20.1. The predicted octanol–water partition coefficient (Wildman–Crippen LogP) is 3.54. The molecular weight excluding hydrogens is 572 g/mol. The first-order valence-corrected chi connectivity index (χ1v) is 15.4. The minimum absolute atomic E-state index is 0.133. The third-order valence-corrected chi connectivity index (χ3v) is 8.99. The van der Waals surface area contributed by atoms with Crippen molar-refractivity contribution >= 4 is 24.5 Å². The standard InChI is InChI=1S/C28H33FN3O9P/c1-17(27(35)39-19-10-3-2-4-11-19)31-42(37,41-23-13-7-9-18-8-5-6-12-20(18)23)38-16-24-22(33)14-25(40-24)32-15-21(29)26(34)30-28(32)36/h5-9,12-13,15,17,19,22,24-25,33H,2-4,10-11,14,16H2,1H3,(H,31,37)(H,30,34,36)/t17-,22+,24+,25+,42?/m0/s1. The number of aromatic amines is 1. The van der Waals surface area contributed by atoms with Crippen molar-refractivity contribution in [3.8, 4) is 5.75 Å². The van der Waals surface area contributed by atoms with Crippen LogP contribution in [-0.4, -0.2) is 51.6 Å². The Morgan fingerprint density at radius 1 is 1.19 bits per heavy atom. The molecule has 0 spiro atoms. The molecule has 3 N–H and O–H groups in total. The van der Waals surface area contributed by atoms with E-state index in [4.69, 9.17) is 18.5 Å². The second-order valence-corrected chi connectivity index (χ2v) is 12.2. The number of benzene rings is 2. The fourth-order valence-corrected chi connectivity index (χ4v) is 6.64. The van der Waals surface area contributed by atoms with E-state index in [1.54, 1.807) is 24.3 Å². The van der Waals surface area contributed by atoms with Crippen molar-refractivity contribution in [3.05, 3.63) is 75.3 Å². The number of carbonyl (C=O) groups is 1. The molecule has 0 radical (unpaired) electrons. The Labute approximate surface area is 240 Å². The minimum Gasteiger partial charge on any atom is -0.461 e. The summed E-state index contributed by atoms with van der Waals surface area (Å²) in [5, 5.41) is 14.7. The van der Waals surface area contributed by atoms with E-state index >= 15 is 0 Å². The number of halogens is 1. The lowest BCUT2D eigenvalue weighted by molar-refractivity contribution is -0.152. The van der Waals surface area contributed by atoms with Gasteiger partial charge in [0.2, 0.25) is 5.82 Å². The molecule has 1 saturated heterocycles. The van der Waals surface area contributed by atoms with E-state index in [1.165, 1.54) is 6.92 Å². The number of hydrogen-bond acceptors (Lipinski definition) is 9. The molecule has 1 unspecified atom stereocenters. The summed E-state index contributed by atoms with van der Waals surface area (Å²) in [7, 11) is -4.32. The second kappa shape index (κ2) is 12.9. The van der Waals surface area contributed by atoms with Crippen LogP contribution in [0.5, 0.6) is 5.75 Å². The number of nitrogens with one attached hydrogen (secondary N) is 2. The molecule has 2 aliphatic rings. The second-order valence-electron chi connectivity index (χ2n) is 10.5. The van der Waals surface area contributed by atoms with Crippen LogP contribution in [-0.2, 0) is 23.4 Å². The highest BCUT2D eigenvalue weighted by Gasteiger charge is 2.40. The molecule has 5 atom stereocenters. The topological polar surface area (TPSA) is 158 Å². The lowest BCUT2D eigenvalue weighted by Crippen LogP contribution is -2.38. The zero-order valence-corrected chi connectivity index (χ0v) is 23.8. The largest absolute Gasteiger partial charge is 0.461 e. The number of aliphatic hydroxyl groups is 1. The van der Waals surface area contributed by atoms with Gasteiger partial charge in [0.1, 0.15) is 30.2 Å². The third kappa shape index (κ3) is 6.99. The van der Waals surface area contributed by atoms with Crippen molar-refractivity contribution < 1.29 is 37.4 Å². The van der Waals surface area contributed by atoms with E-state index in [0.29, 0.717) is 11.6 Å². The molecule has 2 aromatic carbocycles. The Balaban J connectivity index is 1.33. The van der Waals surface area contributed by atoms with Gasteiger partial charge in [-0.3, -0.25) is 23.7 Å². The van der Waals surface area contributed by atoms with Crippen LogP contribution in [0.15, 0.2) is 58.3 Å². The van der Waals surface area contributed by atoms with E-state index in [0.717, 1.165) is 42.1 Å². The molecule has 2 heterocycles.